The highest BCUT2D eigenvalue weighted by Crippen LogP contribution is 2.49. The molecule has 2 fully saturated rings. The molecule has 1 saturated carbocycles. The van der Waals surface area contributed by atoms with Gasteiger partial charge in [0, 0.05) is 5.92 Å². The minimum absolute atomic E-state index is 0.132. The van der Waals surface area contributed by atoms with Crippen LogP contribution in [0.4, 0.5) is 0 Å². The van der Waals surface area contributed by atoms with E-state index in [4.69, 9.17) is 9.47 Å². The Kier molecular flexibility index (Phi) is 5.88. The first-order valence-corrected chi connectivity index (χ1v) is 8.70. The number of ether oxygens (including phenoxy) is 2. The fourth-order valence-corrected chi connectivity index (χ4v) is 3.78. The van der Waals surface area contributed by atoms with E-state index < -0.39 is 5.79 Å². The number of aliphatic hydroxyl groups excluding tert-OH is 1. The highest BCUT2D eigenvalue weighted by molar-refractivity contribution is 5.20. The van der Waals surface area contributed by atoms with Crippen molar-refractivity contribution >= 4 is 0 Å². The maximum Gasteiger partial charge on any atom is 0.185 e. The van der Waals surface area contributed by atoms with Gasteiger partial charge in [-0.1, -0.05) is 43.7 Å². The molecule has 1 saturated heterocycles. The topological polar surface area (TPSA) is 38.7 Å². The summed E-state index contributed by atoms with van der Waals surface area (Å²) < 4.78 is 11.4. The average Bonchev–Trinajstić information content (AvgIpc) is 2.92. The maximum absolute atomic E-state index is 9.20. The highest BCUT2D eigenvalue weighted by Gasteiger charge is 2.40. The minimum atomic E-state index is -0.587. The lowest BCUT2D eigenvalue weighted by atomic mass is 9.59. The molecule has 1 N–H and O–H groups in total. The molecule has 0 bridgehead atoms. The van der Waals surface area contributed by atoms with Gasteiger partial charge in [-0.25, -0.2) is 0 Å². The van der Waals surface area contributed by atoms with Crippen LogP contribution in [0.1, 0.15) is 47.0 Å². The Morgan fingerprint density at radius 3 is 2.57 bits per heavy atom. The van der Waals surface area contributed by atoms with Crippen molar-refractivity contribution in [1.29, 1.82) is 0 Å². The van der Waals surface area contributed by atoms with Gasteiger partial charge < -0.3 is 14.6 Å². The summed E-state index contributed by atoms with van der Waals surface area (Å²) in [7, 11) is 0. The van der Waals surface area contributed by atoms with Crippen LogP contribution in [0.25, 0.3) is 0 Å². The smallest absolute Gasteiger partial charge is 0.185 e. The number of aliphatic hydroxyl groups is 1. The summed E-state index contributed by atoms with van der Waals surface area (Å²) in [6.07, 6.45) is 9.73. The normalized spacial score (nSPS) is 31.0. The molecule has 3 heteroatoms. The van der Waals surface area contributed by atoms with Crippen LogP contribution in [-0.2, 0) is 9.47 Å². The van der Waals surface area contributed by atoms with Gasteiger partial charge in [0.05, 0.1) is 19.8 Å². The summed E-state index contributed by atoms with van der Waals surface area (Å²) in [6.45, 7) is 14.4. The fourth-order valence-electron chi connectivity index (χ4n) is 3.78. The van der Waals surface area contributed by atoms with Crippen molar-refractivity contribution in [3.8, 4) is 0 Å². The van der Waals surface area contributed by atoms with E-state index in [1.165, 1.54) is 5.57 Å². The van der Waals surface area contributed by atoms with E-state index in [0.29, 0.717) is 25.0 Å². The first-order chi connectivity index (χ1) is 10.8. The van der Waals surface area contributed by atoms with Gasteiger partial charge in [-0.2, -0.15) is 0 Å². The molecule has 0 spiro atoms. The molecular formula is C20H32O3. The molecule has 1 aliphatic heterocycles. The summed E-state index contributed by atoms with van der Waals surface area (Å²) in [5.74, 6) is 0.326. The van der Waals surface area contributed by atoms with Gasteiger partial charge >= 0.3 is 0 Å². The zero-order chi connectivity index (χ0) is 17.1. The Bertz CT molecular complexity index is 481. The van der Waals surface area contributed by atoms with Crippen LogP contribution in [0.3, 0.4) is 0 Å². The third-order valence-electron chi connectivity index (χ3n) is 5.56. The van der Waals surface area contributed by atoms with Gasteiger partial charge in [0.2, 0.25) is 0 Å². The van der Waals surface area contributed by atoms with Crippen LogP contribution in [-0.4, -0.2) is 30.7 Å². The molecule has 0 aromatic carbocycles. The van der Waals surface area contributed by atoms with E-state index in [-0.39, 0.29) is 12.0 Å². The summed E-state index contributed by atoms with van der Waals surface area (Å²) in [5.41, 5.74) is 2.48. The third-order valence-corrected chi connectivity index (χ3v) is 5.56. The predicted octanol–water partition coefficient (Wildman–Crippen LogP) is 4.24. The Labute approximate surface area is 141 Å². The fraction of sp³-hybridized carbons (Fsp3) is 0.700. The second-order valence-electron chi connectivity index (χ2n) is 7.71. The van der Waals surface area contributed by atoms with E-state index in [2.05, 4.69) is 38.7 Å². The lowest BCUT2D eigenvalue weighted by Crippen LogP contribution is -2.37. The Morgan fingerprint density at radius 1 is 1.30 bits per heavy atom. The van der Waals surface area contributed by atoms with Crippen molar-refractivity contribution in [1.82, 2.24) is 0 Å². The minimum Gasteiger partial charge on any atom is -0.392 e. The monoisotopic (exact) mass is 320 g/mol. The largest absolute Gasteiger partial charge is 0.392 e. The third kappa shape index (κ3) is 4.34. The highest BCUT2D eigenvalue weighted by atomic mass is 16.7. The summed E-state index contributed by atoms with van der Waals surface area (Å²) in [5, 5.41) is 9.20. The maximum atomic E-state index is 9.20. The number of allylic oxidation sites excluding steroid dienone is 3. The zero-order valence-corrected chi connectivity index (χ0v) is 15.1. The van der Waals surface area contributed by atoms with Crippen LogP contribution in [0.15, 0.2) is 36.0 Å². The molecule has 3 nitrogen and oxygen atoms in total. The number of hydrogen-bond acceptors (Lipinski definition) is 3. The zero-order valence-electron chi connectivity index (χ0n) is 15.1. The first-order valence-electron chi connectivity index (χ1n) is 8.70. The van der Waals surface area contributed by atoms with E-state index in [1.54, 1.807) is 0 Å². The Hall–Kier alpha value is -0.900. The Morgan fingerprint density at radius 2 is 1.96 bits per heavy atom. The molecule has 0 aromatic rings. The molecule has 2 rings (SSSR count). The van der Waals surface area contributed by atoms with Gasteiger partial charge in [0.1, 0.15) is 0 Å². The molecule has 0 unspecified atom stereocenters. The van der Waals surface area contributed by atoms with Gasteiger partial charge in [-0.15, -0.1) is 0 Å². The number of rotatable bonds is 5. The molecule has 0 radical (unpaired) electrons. The SMILES string of the molecule is C=C1CC[C@H](C/C=C(\C)CO)C(C)(C)[C@H]1/C=C/C1(C)OCCO1. The van der Waals surface area contributed by atoms with E-state index in [9.17, 15) is 5.11 Å². The number of hydrogen-bond donors (Lipinski definition) is 1. The predicted molar refractivity (Wildman–Crippen MR) is 94.0 cm³/mol. The second-order valence-corrected chi connectivity index (χ2v) is 7.71. The molecule has 2 atom stereocenters. The lowest BCUT2D eigenvalue weighted by molar-refractivity contribution is -0.100. The Balaban J connectivity index is 2.13. The average molecular weight is 320 g/mol. The molecule has 2 aliphatic rings. The summed E-state index contributed by atoms with van der Waals surface area (Å²) in [4.78, 5) is 0. The van der Waals surface area contributed by atoms with Crippen molar-refractivity contribution in [2.75, 3.05) is 19.8 Å². The lowest BCUT2D eigenvalue weighted by Gasteiger charge is -2.45. The van der Waals surface area contributed by atoms with Crippen LogP contribution in [0.2, 0.25) is 0 Å². The van der Waals surface area contributed by atoms with E-state index in [0.717, 1.165) is 24.8 Å². The van der Waals surface area contributed by atoms with E-state index in [1.807, 2.05) is 13.8 Å². The molecule has 1 heterocycles. The van der Waals surface area contributed by atoms with Gasteiger partial charge in [0.25, 0.3) is 0 Å². The summed E-state index contributed by atoms with van der Waals surface area (Å²) >= 11 is 0. The van der Waals surface area contributed by atoms with Crippen LogP contribution in [0, 0.1) is 17.3 Å². The standard InChI is InChI=1S/C20H32O3/c1-15(14-21)6-8-17-9-7-16(2)18(19(17,3)4)10-11-20(5)22-12-13-23-20/h6,10-11,17-18,21H,2,7-9,12-14H2,1,3-5H3/b11-10+,15-6+/t17-,18-/m0/s1. The molecule has 0 aromatic heterocycles. The van der Waals surface area contributed by atoms with Crippen molar-refractivity contribution in [2.24, 2.45) is 17.3 Å². The van der Waals surface area contributed by atoms with Crippen molar-refractivity contribution in [3.63, 3.8) is 0 Å². The van der Waals surface area contributed by atoms with Crippen molar-refractivity contribution in [2.45, 2.75) is 52.7 Å². The molecule has 130 valence electrons. The molecule has 0 amide bonds. The van der Waals surface area contributed by atoms with Gasteiger partial charge in [0.15, 0.2) is 5.79 Å². The van der Waals surface area contributed by atoms with Gasteiger partial charge in [-0.3, -0.25) is 0 Å². The second kappa shape index (κ2) is 7.33. The van der Waals surface area contributed by atoms with Crippen molar-refractivity contribution < 1.29 is 14.6 Å². The molecule has 23 heavy (non-hydrogen) atoms. The first kappa shape index (κ1) is 18.4. The molecular weight excluding hydrogens is 288 g/mol. The quantitative estimate of drug-likeness (QED) is 0.770. The van der Waals surface area contributed by atoms with Crippen LogP contribution in [0.5, 0.6) is 0 Å². The molecule has 1 aliphatic carbocycles. The van der Waals surface area contributed by atoms with E-state index >= 15 is 0 Å². The van der Waals surface area contributed by atoms with Crippen LogP contribution < -0.4 is 0 Å². The van der Waals surface area contributed by atoms with Crippen LogP contribution >= 0.6 is 0 Å². The van der Waals surface area contributed by atoms with Crippen molar-refractivity contribution in [3.05, 3.63) is 36.0 Å². The summed E-state index contributed by atoms with van der Waals surface area (Å²) in [6, 6.07) is 0. The van der Waals surface area contributed by atoms with Gasteiger partial charge in [-0.05, 0) is 50.5 Å².